The van der Waals surface area contributed by atoms with E-state index in [-0.39, 0.29) is 11.7 Å². The molecule has 2 saturated heterocycles. The molecule has 1 N–H and O–H groups in total. The minimum Gasteiger partial charge on any atom is -0.338 e. The molecule has 2 fully saturated rings. The van der Waals surface area contributed by atoms with Crippen molar-refractivity contribution in [3.05, 3.63) is 21.4 Å². The SMILES string of the molecule is Cc1sc(C(=O)N2CCC3(CCNC3)CC2)cc1CS(C)(=O)=O. The molecule has 0 bridgehead atoms. The molecular weight excluding hydrogens is 332 g/mol. The third kappa shape index (κ3) is 3.78. The summed E-state index contributed by atoms with van der Waals surface area (Å²) in [6, 6.07) is 1.77. The van der Waals surface area contributed by atoms with Crippen LogP contribution in [0.3, 0.4) is 0 Å². The summed E-state index contributed by atoms with van der Waals surface area (Å²) >= 11 is 1.41. The molecular formula is C16H24N2O3S2. The van der Waals surface area contributed by atoms with Gasteiger partial charge in [0.2, 0.25) is 0 Å². The molecule has 1 aromatic rings. The first kappa shape index (κ1) is 16.9. The van der Waals surface area contributed by atoms with Crippen LogP contribution in [0.4, 0.5) is 0 Å². The first-order valence-corrected chi connectivity index (χ1v) is 10.9. The van der Waals surface area contributed by atoms with Crippen LogP contribution in [-0.2, 0) is 15.6 Å². The van der Waals surface area contributed by atoms with Gasteiger partial charge in [-0.1, -0.05) is 0 Å². The van der Waals surface area contributed by atoms with Crippen molar-refractivity contribution >= 4 is 27.1 Å². The van der Waals surface area contributed by atoms with Crippen molar-refractivity contribution in [2.45, 2.75) is 31.9 Å². The molecule has 1 amide bonds. The van der Waals surface area contributed by atoms with Crippen LogP contribution in [0.15, 0.2) is 6.07 Å². The molecule has 2 aliphatic heterocycles. The second-order valence-electron chi connectivity index (χ2n) is 6.98. The second-order valence-corrected chi connectivity index (χ2v) is 10.4. The van der Waals surface area contributed by atoms with E-state index in [9.17, 15) is 13.2 Å². The Morgan fingerprint density at radius 1 is 1.35 bits per heavy atom. The van der Waals surface area contributed by atoms with Crippen LogP contribution in [0.5, 0.6) is 0 Å². The first-order valence-electron chi connectivity index (χ1n) is 8.05. The Hall–Kier alpha value is -0.920. The predicted molar refractivity (Wildman–Crippen MR) is 92.7 cm³/mol. The zero-order valence-electron chi connectivity index (χ0n) is 13.7. The van der Waals surface area contributed by atoms with Crippen molar-refractivity contribution in [3.63, 3.8) is 0 Å². The number of carbonyl (C=O) groups excluding carboxylic acids is 1. The molecule has 0 aliphatic carbocycles. The van der Waals surface area contributed by atoms with Gasteiger partial charge in [-0.05, 0) is 49.8 Å². The lowest BCUT2D eigenvalue weighted by molar-refractivity contribution is 0.0612. The Labute approximate surface area is 142 Å². The van der Waals surface area contributed by atoms with Crippen LogP contribution in [0, 0.1) is 12.3 Å². The van der Waals surface area contributed by atoms with Crippen LogP contribution in [0.25, 0.3) is 0 Å². The van der Waals surface area contributed by atoms with Gasteiger partial charge in [-0.25, -0.2) is 8.42 Å². The van der Waals surface area contributed by atoms with Gasteiger partial charge >= 0.3 is 0 Å². The van der Waals surface area contributed by atoms with Crippen LogP contribution >= 0.6 is 11.3 Å². The molecule has 1 spiro atoms. The molecule has 1 aromatic heterocycles. The highest BCUT2D eigenvalue weighted by Crippen LogP contribution is 2.37. The third-order valence-electron chi connectivity index (χ3n) is 5.09. The number of rotatable bonds is 3. The number of hydrogen-bond donors (Lipinski definition) is 1. The molecule has 3 rings (SSSR count). The van der Waals surface area contributed by atoms with Gasteiger partial charge in [0.25, 0.3) is 5.91 Å². The fraction of sp³-hybridized carbons (Fsp3) is 0.688. The molecule has 128 valence electrons. The van der Waals surface area contributed by atoms with Crippen LogP contribution in [-0.4, -0.2) is 51.7 Å². The lowest BCUT2D eigenvalue weighted by Crippen LogP contribution is -2.43. The van der Waals surface area contributed by atoms with Crippen molar-refractivity contribution < 1.29 is 13.2 Å². The maximum absolute atomic E-state index is 12.7. The summed E-state index contributed by atoms with van der Waals surface area (Å²) in [4.78, 5) is 16.2. The van der Waals surface area contributed by atoms with E-state index in [1.165, 1.54) is 24.0 Å². The Morgan fingerprint density at radius 3 is 2.61 bits per heavy atom. The Bertz CT molecular complexity index is 693. The van der Waals surface area contributed by atoms with Crippen LogP contribution in [0.2, 0.25) is 0 Å². The summed E-state index contributed by atoms with van der Waals surface area (Å²) in [6.07, 6.45) is 4.57. The van der Waals surface area contributed by atoms with Gasteiger partial charge in [-0.2, -0.15) is 0 Å². The van der Waals surface area contributed by atoms with Crippen molar-refractivity contribution in [1.29, 1.82) is 0 Å². The Morgan fingerprint density at radius 2 is 2.04 bits per heavy atom. The number of aryl methyl sites for hydroxylation is 1. The monoisotopic (exact) mass is 356 g/mol. The summed E-state index contributed by atoms with van der Waals surface area (Å²) in [7, 11) is -3.08. The normalized spacial score (nSPS) is 21.0. The van der Waals surface area contributed by atoms with Crippen LogP contribution < -0.4 is 5.32 Å². The van der Waals surface area contributed by atoms with Crippen molar-refractivity contribution in [2.75, 3.05) is 32.4 Å². The smallest absolute Gasteiger partial charge is 0.263 e. The third-order valence-corrected chi connectivity index (χ3v) is 7.01. The molecule has 0 radical (unpaired) electrons. The summed E-state index contributed by atoms with van der Waals surface area (Å²) < 4.78 is 23.0. The maximum atomic E-state index is 12.7. The zero-order chi connectivity index (χ0) is 16.7. The minimum absolute atomic E-state index is 0.0113. The number of likely N-dealkylation sites (tertiary alicyclic amines) is 1. The van der Waals surface area contributed by atoms with E-state index in [4.69, 9.17) is 0 Å². The van der Waals surface area contributed by atoms with Gasteiger partial charge in [-0.3, -0.25) is 4.79 Å². The van der Waals surface area contributed by atoms with E-state index in [1.807, 2.05) is 11.8 Å². The molecule has 3 heterocycles. The molecule has 5 nitrogen and oxygen atoms in total. The maximum Gasteiger partial charge on any atom is 0.263 e. The van der Waals surface area contributed by atoms with E-state index in [2.05, 4.69) is 5.32 Å². The van der Waals surface area contributed by atoms with Gasteiger partial charge in [0, 0.05) is 30.8 Å². The highest BCUT2D eigenvalue weighted by atomic mass is 32.2. The highest BCUT2D eigenvalue weighted by molar-refractivity contribution is 7.89. The topological polar surface area (TPSA) is 66.5 Å². The lowest BCUT2D eigenvalue weighted by atomic mass is 9.78. The lowest BCUT2D eigenvalue weighted by Gasteiger charge is -2.38. The van der Waals surface area contributed by atoms with Crippen LogP contribution in [0.1, 0.15) is 39.4 Å². The molecule has 7 heteroatoms. The van der Waals surface area contributed by atoms with Gasteiger partial charge in [0.1, 0.15) is 0 Å². The van der Waals surface area contributed by atoms with Gasteiger partial charge in [0.05, 0.1) is 10.6 Å². The fourth-order valence-electron chi connectivity index (χ4n) is 3.61. The summed E-state index contributed by atoms with van der Waals surface area (Å²) in [5.74, 6) is 0.0656. The zero-order valence-corrected chi connectivity index (χ0v) is 15.4. The number of sulfone groups is 1. The summed E-state index contributed by atoms with van der Waals surface area (Å²) in [5.41, 5.74) is 1.15. The quantitative estimate of drug-likeness (QED) is 0.897. The minimum atomic E-state index is -3.08. The van der Waals surface area contributed by atoms with Gasteiger partial charge < -0.3 is 10.2 Å². The van der Waals surface area contributed by atoms with Crippen molar-refractivity contribution in [3.8, 4) is 0 Å². The highest BCUT2D eigenvalue weighted by Gasteiger charge is 2.38. The van der Waals surface area contributed by atoms with E-state index in [0.29, 0.717) is 10.3 Å². The standard InChI is InChI=1S/C16H24N2O3S2/c1-12-13(10-23(2,20)21)9-14(22-12)15(19)18-7-4-16(5-8-18)3-6-17-11-16/h9,17H,3-8,10-11H2,1-2H3. The fourth-order valence-corrected chi connectivity index (χ4v) is 5.58. The molecule has 0 atom stereocenters. The van der Waals surface area contributed by atoms with E-state index >= 15 is 0 Å². The largest absolute Gasteiger partial charge is 0.338 e. The number of thiophene rings is 1. The Balaban J connectivity index is 1.68. The summed E-state index contributed by atoms with van der Waals surface area (Å²) in [5, 5.41) is 3.43. The van der Waals surface area contributed by atoms with Gasteiger partial charge in [0.15, 0.2) is 9.84 Å². The number of hydrogen-bond acceptors (Lipinski definition) is 5. The van der Waals surface area contributed by atoms with Gasteiger partial charge in [-0.15, -0.1) is 11.3 Å². The molecule has 23 heavy (non-hydrogen) atoms. The molecule has 0 aromatic carbocycles. The number of amides is 1. The summed E-state index contributed by atoms with van der Waals surface area (Å²) in [6.45, 7) is 5.66. The average molecular weight is 357 g/mol. The second kappa shape index (κ2) is 6.18. The number of carbonyl (C=O) groups is 1. The molecule has 0 saturated carbocycles. The average Bonchev–Trinajstić information content (AvgIpc) is 3.06. The number of piperidine rings is 1. The van der Waals surface area contributed by atoms with E-state index < -0.39 is 9.84 Å². The van der Waals surface area contributed by atoms with E-state index in [1.54, 1.807) is 6.07 Å². The number of nitrogens with zero attached hydrogens (tertiary/aromatic N) is 1. The number of nitrogens with one attached hydrogen (secondary N) is 1. The van der Waals surface area contributed by atoms with Crippen molar-refractivity contribution in [1.82, 2.24) is 10.2 Å². The first-order chi connectivity index (χ1) is 10.8. The predicted octanol–water partition coefficient (Wildman–Crippen LogP) is 1.82. The molecule has 2 aliphatic rings. The molecule has 0 unspecified atom stereocenters. The Kier molecular flexibility index (Phi) is 4.55. The van der Waals surface area contributed by atoms with E-state index in [0.717, 1.165) is 49.5 Å². The van der Waals surface area contributed by atoms with Crippen molar-refractivity contribution in [2.24, 2.45) is 5.41 Å².